The Bertz CT molecular complexity index is 618. The predicted molar refractivity (Wildman–Crippen MR) is 74.0 cm³/mol. The lowest BCUT2D eigenvalue weighted by Crippen LogP contribution is -2.35. The zero-order valence-electron chi connectivity index (χ0n) is 11.0. The number of benzene rings is 1. The number of aryl methyl sites for hydroxylation is 1. The highest BCUT2D eigenvalue weighted by molar-refractivity contribution is 5.84. The molecule has 4 nitrogen and oxygen atoms in total. The number of rotatable bonds is 3. The van der Waals surface area contributed by atoms with Crippen LogP contribution in [0.4, 0.5) is 0 Å². The van der Waals surface area contributed by atoms with Crippen molar-refractivity contribution in [3.63, 3.8) is 0 Å². The quantitative estimate of drug-likeness (QED) is 0.918. The maximum atomic E-state index is 11.2. The first-order valence-corrected chi connectivity index (χ1v) is 6.66. The molecule has 1 atom stereocenters. The third-order valence-corrected chi connectivity index (χ3v) is 4.00. The Kier molecular flexibility index (Phi) is 3.03. The fourth-order valence-corrected chi connectivity index (χ4v) is 3.07. The van der Waals surface area contributed by atoms with Crippen LogP contribution in [0.2, 0.25) is 0 Å². The summed E-state index contributed by atoms with van der Waals surface area (Å²) in [5.41, 5.74) is 2.41. The lowest BCUT2D eigenvalue weighted by Gasteiger charge is -2.20. The van der Waals surface area contributed by atoms with Crippen LogP contribution >= 0.6 is 0 Å². The standard InChI is InChI=1S/C15H18N2O2/c1-16-9-11(12-5-2-3-6-13(12)16)10-17-8-4-7-14(17)15(18)19/h2-3,5-6,9,14H,4,7-8,10H2,1H3,(H,18,19). The van der Waals surface area contributed by atoms with E-state index in [1.54, 1.807) is 0 Å². The van der Waals surface area contributed by atoms with Crippen LogP contribution in [0.15, 0.2) is 30.5 Å². The van der Waals surface area contributed by atoms with Gasteiger partial charge in [0.05, 0.1) is 0 Å². The number of hydrogen-bond donors (Lipinski definition) is 1. The topological polar surface area (TPSA) is 45.5 Å². The van der Waals surface area contributed by atoms with Crippen LogP contribution in [0, 0.1) is 0 Å². The molecule has 0 saturated carbocycles. The predicted octanol–water partition coefficient (Wildman–Crippen LogP) is 2.23. The Morgan fingerprint density at radius 2 is 2.21 bits per heavy atom. The summed E-state index contributed by atoms with van der Waals surface area (Å²) in [5, 5.41) is 10.5. The lowest BCUT2D eigenvalue weighted by molar-refractivity contribution is -0.142. The van der Waals surface area contributed by atoms with Crippen molar-refractivity contribution in [1.29, 1.82) is 0 Å². The highest BCUT2D eigenvalue weighted by Crippen LogP contribution is 2.25. The average molecular weight is 258 g/mol. The zero-order valence-corrected chi connectivity index (χ0v) is 11.0. The van der Waals surface area contributed by atoms with Crippen LogP contribution < -0.4 is 0 Å². The van der Waals surface area contributed by atoms with Gasteiger partial charge in [0.15, 0.2) is 0 Å². The van der Waals surface area contributed by atoms with Gasteiger partial charge in [-0.1, -0.05) is 18.2 Å². The van der Waals surface area contributed by atoms with Crippen molar-refractivity contribution >= 4 is 16.9 Å². The minimum atomic E-state index is -0.697. The highest BCUT2D eigenvalue weighted by Gasteiger charge is 2.30. The molecule has 1 N–H and O–H groups in total. The minimum Gasteiger partial charge on any atom is -0.480 e. The fourth-order valence-electron chi connectivity index (χ4n) is 3.07. The van der Waals surface area contributed by atoms with Gasteiger partial charge < -0.3 is 9.67 Å². The second kappa shape index (κ2) is 4.70. The molecule has 0 bridgehead atoms. The molecular formula is C15H18N2O2. The number of likely N-dealkylation sites (tertiary alicyclic amines) is 1. The number of carboxylic acids is 1. The van der Waals surface area contributed by atoms with Crippen molar-refractivity contribution < 1.29 is 9.90 Å². The van der Waals surface area contributed by atoms with Crippen LogP contribution in [0.25, 0.3) is 10.9 Å². The molecule has 1 aromatic carbocycles. The lowest BCUT2D eigenvalue weighted by atomic mass is 10.1. The molecule has 0 spiro atoms. The summed E-state index contributed by atoms with van der Waals surface area (Å²) >= 11 is 0. The molecule has 1 unspecified atom stereocenters. The van der Waals surface area contributed by atoms with E-state index in [-0.39, 0.29) is 6.04 Å². The van der Waals surface area contributed by atoms with Gasteiger partial charge in [-0.3, -0.25) is 9.69 Å². The Morgan fingerprint density at radius 3 is 3.00 bits per heavy atom. The van der Waals surface area contributed by atoms with E-state index < -0.39 is 5.97 Å². The first kappa shape index (κ1) is 12.2. The van der Waals surface area contributed by atoms with Crippen molar-refractivity contribution in [3.8, 4) is 0 Å². The summed E-state index contributed by atoms with van der Waals surface area (Å²) < 4.78 is 2.11. The van der Waals surface area contributed by atoms with Crippen molar-refractivity contribution in [2.45, 2.75) is 25.4 Å². The second-order valence-corrected chi connectivity index (χ2v) is 5.25. The van der Waals surface area contributed by atoms with Gasteiger partial charge >= 0.3 is 5.97 Å². The first-order valence-electron chi connectivity index (χ1n) is 6.66. The number of aromatic nitrogens is 1. The Balaban J connectivity index is 1.91. The Morgan fingerprint density at radius 1 is 1.42 bits per heavy atom. The number of fused-ring (bicyclic) bond motifs is 1. The van der Waals surface area contributed by atoms with Crippen molar-refractivity contribution in [3.05, 3.63) is 36.0 Å². The molecule has 2 aromatic rings. The first-order chi connectivity index (χ1) is 9.16. The van der Waals surface area contributed by atoms with Gasteiger partial charge in [0.1, 0.15) is 6.04 Å². The fraction of sp³-hybridized carbons (Fsp3) is 0.400. The van der Waals surface area contributed by atoms with E-state index in [9.17, 15) is 9.90 Å². The molecule has 4 heteroatoms. The van der Waals surface area contributed by atoms with E-state index in [4.69, 9.17) is 0 Å². The van der Waals surface area contributed by atoms with E-state index in [0.717, 1.165) is 25.9 Å². The maximum absolute atomic E-state index is 11.2. The largest absolute Gasteiger partial charge is 0.480 e. The number of aliphatic carboxylic acids is 1. The summed E-state index contributed by atoms with van der Waals surface area (Å²) in [7, 11) is 2.03. The summed E-state index contributed by atoms with van der Waals surface area (Å²) in [6.45, 7) is 1.60. The van der Waals surface area contributed by atoms with Gasteiger partial charge in [0.2, 0.25) is 0 Å². The monoisotopic (exact) mass is 258 g/mol. The van der Waals surface area contributed by atoms with Crippen LogP contribution in [-0.4, -0.2) is 33.1 Å². The van der Waals surface area contributed by atoms with E-state index >= 15 is 0 Å². The smallest absolute Gasteiger partial charge is 0.320 e. The van der Waals surface area contributed by atoms with Crippen LogP contribution in [-0.2, 0) is 18.4 Å². The van der Waals surface area contributed by atoms with E-state index in [0.29, 0.717) is 0 Å². The maximum Gasteiger partial charge on any atom is 0.320 e. The molecule has 0 amide bonds. The highest BCUT2D eigenvalue weighted by atomic mass is 16.4. The number of hydrogen-bond acceptors (Lipinski definition) is 2. The number of carbonyl (C=O) groups is 1. The molecule has 19 heavy (non-hydrogen) atoms. The van der Waals surface area contributed by atoms with Gasteiger partial charge in [-0.15, -0.1) is 0 Å². The van der Waals surface area contributed by atoms with E-state index in [1.165, 1.54) is 16.5 Å². The third-order valence-electron chi connectivity index (χ3n) is 4.00. The van der Waals surface area contributed by atoms with E-state index in [2.05, 4.69) is 27.8 Å². The Labute approximate surface area is 112 Å². The van der Waals surface area contributed by atoms with Crippen LogP contribution in [0.5, 0.6) is 0 Å². The van der Waals surface area contributed by atoms with Gasteiger partial charge in [-0.25, -0.2) is 0 Å². The molecule has 1 aromatic heterocycles. The molecule has 1 saturated heterocycles. The van der Waals surface area contributed by atoms with Crippen LogP contribution in [0.3, 0.4) is 0 Å². The summed E-state index contributed by atoms with van der Waals surface area (Å²) in [4.78, 5) is 13.3. The summed E-state index contributed by atoms with van der Waals surface area (Å²) in [6.07, 6.45) is 3.85. The summed E-state index contributed by atoms with van der Waals surface area (Å²) in [5.74, 6) is -0.697. The average Bonchev–Trinajstić information content (AvgIpc) is 2.97. The molecule has 3 rings (SSSR count). The number of carboxylic acid groups (broad SMARTS) is 1. The molecule has 2 heterocycles. The molecule has 1 aliphatic heterocycles. The molecule has 1 fully saturated rings. The van der Waals surface area contributed by atoms with Gasteiger partial charge in [-0.05, 0) is 31.0 Å². The SMILES string of the molecule is Cn1cc(CN2CCCC2C(=O)O)c2ccccc21. The van der Waals surface area contributed by atoms with Gasteiger partial charge in [0.25, 0.3) is 0 Å². The normalized spacial score (nSPS) is 20.2. The molecule has 100 valence electrons. The Hall–Kier alpha value is -1.81. The number of nitrogens with zero attached hydrogens (tertiary/aromatic N) is 2. The van der Waals surface area contributed by atoms with Gasteiger partial charge in [0, 0.05) is 30.7 Å². The molecular weight excluding hydrogens is 240 g/mol. The van der Waals surface area contributed by atoms with Crippen molar-refractivity contribution in [2.24, 2.45) is 7.05 Å². The summed E-state index contributed by atoms with van der Waals surface area (Å²) in [6, 6.07) is 7.94. The molecule has 1 aliphatic rings. The second-order valence-electron chi connectivity index (χ2n) is 5.25. The molecule has 0 radical (unpaired) electrons. The van der Waals surface area contributed by atoms with Crippen LogP contribution in [0.1, 0.15) is 18.4 Å². The van der Waals surface area contributed by atoms with Crippen molar-refractivity contribution in [2.75, 3.05) is 6.54 Å². The number of para-hydroxylation sites is 1. The van der Waals surface area contributed by atoms with Gasteiger partial charge in [-0.2, -0.15) is 0 Å². The molecule has 0 aliphatic carbocycles. The van der Waals surface area contributed by atoms with E-state index in [1.807, 2.05) is 19.2 Å². The van der Waals surface area contributed by atoms with Crippen molar-refractivity contribution in [1.82, 2.24) is 9.47 Å². The minimum absolute atomic E-state index is 0.320. The third kappa shape index (κ3) is 2.12. The zero-order chi connectivity index (χ0) is 13.4.